The summed E-state index contributed by atoms with van der Waals surface area (Å²) in [4.78, 5) is 21.8. The third-order valence-corrected chi connectivity index (χ3v) is 2.85. The van der Waals surface area contributed by atoms with Gasteiger partial charge < -0.3 is 20.8 Å². The second kappa shape index (κ2) is 8.16. The Morgan fingerprint density at radius 2 is 1.90 bits per heavy atom. The molecule has 1 aromatic carbocycles. The number of aliphatic carboxylic acids is 1. The van der Waals surface area contributed by atoms with E-state index >= 15 is 0 Å². The number of urea groups is 1. The monoisotopic (exact) mass is 280 g/mol. The van der Waals surface area contributed by atoms with Crippen molar-refractivity contribution < 1.29 is 19.8 Å². The summed E-state index contributed by atoms with van der Waals surface area (Å²) in [6, 6.07) is 8.57. The number of aliphatic hydroxyl groups excluding tert-OH is 1. The Balaban J connectivity index is 2.32. The highest BCUT2D eigenvalue weighted by atomic mass is 16.4. The van der Waals surface area contributed by atoms with E-state index in [0.717, 1.165) is 5.56 Å². The summed E-state index contributed by atoms with van der Waals surface area (Å²) in [7, 11) is 0. The molecule has 6 heteroatoms. The summed E-state index contributed by atoms with van der Waals surface area (Å²) in [6.45, 7) is 1.76. The number of nitrogens with one attached hydrogen (secondary N) is 2. The first kappa shape index (κ1) is 16.0. The van der Waals surface area contributed by atoms with Crippen molar-refractivity contribution in [3.63, 3.8) is 0 Å². The third kappa shape index (κ3) is 6.19. The molecule has 1 aromatic rings. The summed E-state index contributed by atoms with van der Waals surface area (Å²) >= 11 is 0. The van der Waals surface area contributed by atoms with Crippen LogP contribution < -0.4 is 10.6 Å². The van der Waals surface area contributed by atoms with Crippen LogP contribution in [0.5, 0.6) is 0 Å². The van der Waals surface area contributed by atoms with Crippen molar-refractivity contribution in [3.8, 4) is 0 Å². The molecule has 0 heterocycles. The van der Waals surface area contributed by atoms with Crippen LogP contribution in [0, 0.1) is 0 Å². The SMILES string of the molecule is CC(NC(=O)NCCC(=O)O)C(O)Cc1ccccc1. The van der Waals surface area contributed by atoms with E-state index in [1.807, 2.05) is 30.3 Å². The standard InChI is InChI=1S/C14H20N2O4/c1-10(16-14(20)15-8-7-13(18)19)12(17)9-11-5-3-2-4-6-11/h2-6,10,12,17H,7-9H2,1H3,(H,18,19)(H2,15,16,20). The molecule has 0 aliphatic heterocycles. The molecule has 4 N–H and O–H groups in total. The molecule has 2 unspecified atom stereocenters. The lowest BCUT2D eigenvalue weighted by atomic mass is 10.0. The number of amides is 2. The van der Waals surface area contributed by atoms with Crippen LogP contribution in [0.25, 0.3) is 0 Å². The van der Waals surface area contributed by atoms with Gasteiger partial charge in [0.15, 0.2) is 0 Å². The van der Waals surface area contributed by atoms with Crippen molar-refractivity contribution in [3.05, 3.63) is 35.9 Å². The van der Waals surface area contributed by atoms with Gasteiger partial charge in [-0.25, -0.2) is 4.79 Å². The predicted octanol–water partition coefficient (Wildman–Crippen LogP) is 0.752. The van der Waals surface area contributed by atoms with E-state index in [9.17, 15) is 14.7 Å². The van der Waals surface area contributed by atoms with Crippen molar-refractivity contribution in [2.45, 2.75) is 31.9 Å². The highest BCUT2D eigenvalue weighted by molar-refractivity contribution is 5.75. The largest absolute Gasteiger partial charge is 0.481 e. The normalized spacial score (nSPS) is 13.3. The van der Waals surface area contributed by atoms with Gasteiger partial charge in [-0.2, -0.15) is 0 Å². The first-order valence-corrected chi connectivity index (χ1v) is 6.47. The Labute approximate surface area is 117 Å². The average Bonchev–Trinajstić information content (AvgIpc) is 2.39. The van der Waals surface area contributed by atoms with Crippen LogP contribution in [-0.4, -0.2) is 40.9 Å². The van der Waals surface area contributed by atoms with Crippen LogP contribution in [0.3, 0.4) is 0 Å². The molecule has 0 saturated heterocycles. The first-order chi connectivity index (χ1) is 9.49. The zero-order valence-corrected chi connectivity index (χ0v) is 11.4. The molecule has 0 bridgehead atoms. The second-order valence-corrected chi connectivity index (χ2v) is 4.59. The zero-order valence-electron chi connectivity index (χ0n) is 11.4. The minimum absolute atomic E-state index is 0.0582. The Kier molecular flexibility index (Phi) is 6.52. The molecule has 0 saturated carbocycles. The number of hydrogen-bond acceptors (Lipinski definition) is 3. The Morgan fingerprint density at radius 3 is 2.50 bits per heavy atom. The van der Waals surface area contributed by atoms with Crippen LogP contribution in [0.2, 0.25) is 0 Å². The van der Waals surface area contributed by atoms with Crippen LogP contribution in [0.4, 0.5) is 4.79 Å². The number of carboxylic acids is 1. The molecule has 2 atom stereocenters. The summed E-state index contributed by atoms with van der Waals surface area (Å²) in [5, 5.41) is 23.4. The van der Waals surface area contributed by atoms with Crippen LogP contribution in [-0.2, 0) is 11.2 Å². The minimum Gasteiger partial charge on any atom is -0.481 e. The molecule has 6 nitrogen and oxygen atoms in total. The lowest BCUT2D eigenvalue weighted by Gasteiger charge is -2.20. The van der Waals surface area contributed by atoms with E-state index in [1.165, 1.54) is 0 Å². The zero-order chi connectivity index (χ0) is 15.0. The van der Waals surface area contributed by atoms with Gasteiger partial charge in [-0.1, -0.05) is 30.3 Å². The van der Waals surface area contributed by atoms with E-state index in [4.69, 9.17) is 5.11 Å². The topological polar surface area (TPSA) is 98.7 Å². The van der Waals surface area contributed by atoms with Crippen LogP contribution in [0.15, 0.2) is 30.3 Å². The summed E-state index contributed by atoms with van der Waals surface area (Å²) < 4.78 is 0. The van der Waals surface area contributed by atoms with Gasteiger partial charge >= 0.3 is 12.0 Å². The molecule has 2 amide bonds. The fourth-order valence-corrected chi connectivity index (χ4v) is 1.67. The lowest BCUT2D eigenvalue weighted by molar-refractivity contribution is -0.136. The lowest BCUT2D eigenvalue weighted by Crippen LogP contribution is -2.47. The second-order valence-electron chi connectivity index (χ2n) is 4.59. The van der Waals surface area contributed by atoms with E-state index in [2.05, 4.69) is 10.6 Å². The molecular formula is C14H20N2O4. The number of rotatable bonds is 7. The number of carbonyl (C=O) groups excluding carboxylic acids is 1. The van der Waals surface area contributed by atoms with E-state index < -0.39 is 24.1 Å². The molecule has 0 aliphatic rings. The molecule has 0 spiro atoms. The van der Waals surface area contributed by atoms with Crippen molar-refractivity contribution in [1.29, 1.82) is 0 Å². The molecule has 110 valence electrons. The van der Waals surface area contributed by atoms with Gasteiger partial charge in [-0.05, 0) is 12.5 Å². The molecular weight excluding hydrogens is 260 g/mol. The maximum absolute atomic E-state index is 11.5. The van der Waals surface area contributed by atoms with Gasteiger partial charge in [0, 0.05) is 13.0 Å². The minimum atomic E-state index is -0.970. The van der Waals surface area contributed by atoms with Crippen molar-refractivity contribution >= 4 is 12.0 Å². The van der Waals surface area contributed by atoms with Gasteiger partial charge in [0.1, 0.15) is 0 Å². The summed E-state index contributed by atoms with van der Waals surface area (Å²) in [5.41, 5.74) is 0.986. The Hall–Kier alpha value is -2.08. The quantitative estimate of drug-likeness (QED) is 0.592. The molecule has 0 fully saturated rings. The summed E-state index contributed by atoms with van der Waals surface area (Å²) in [5.74, 6) is -0.970. The number of benzene rings is 1. The van der Waals surface area contributed by atoms with Crippen molar-refractivity contribution in [2.75, 3.05) is 6.54 Å². The third-order valence-electron chi connectivity index (χ3n) is 2.85. The molecule has 0 radical (unpaired) electrons. The van der Waals surface area contributed by atoms with Crippen molar-refractivity contribution in [2.24, 2.45) is 0 Å². The number of hydrogen-bond donors (Lipinski definition) is 4. The summed E-state index contributed by atoms with van der Waals surface area (Å²) in [6.07, 6.45) is -0.395. The smallest absolute Gasteiger partial charge is 0.315 e. The van der Waals surface area contributed by atoms with E-state index in [-0.39, 0.29) is 13.0 Å². The number of aliphatic hydroxyl groups is 1. The number of carboxylic acid groups (broad SMARTS) is 1. The fourth-order valence-electron chi connectivity index (χ4n) is 1.67. The molecule has 1 rings (SSSR count). The van der Waals surface area contributed by atoms with E-state index in [1.54, 1.807) is 6.92 Å². The molecule has 20 heavy (non-hydrogen) atoms. The highest BCUT2D eigenvalue weighted by Gasteiger charge is 2.16. The molecule has 0 aliphatic carbocycles. The fraction of sp³-hybridized carbons (Fsp3) is 0.429. The van der Waals surface area contributed by atoms with Gasteiger partial charge in [-0.3, -0.25) is 4.79 Å². The Morgan fingerprint density at radius 1 is 1.25 bits per heavy atom. The van der Waals surface area contributed by atoms with Crippen molar-refractivity contribution in [1.82, 2.24) is 10.6 Å². The molecule has 0 aromatic heterocycles. The average molecular weight is 280 g/mol. The first-order valence-electron chi connectivity index (χ1n) is 6.47. The van der Waals surface area contributed by atoms with Crippen LogP contribution in [0.1, 0.15) is 18.9 Å². The maximum atomic E-state index is 11.5. The van der Waals surface area contributed by atoms with Gasteiger partial charge in [0.2, 0.25) is 0 Å². The van der Waals surface area contributed by atoms with E-state index in [0.29, 0.717) is 6.42 Å². The van der Waals surface area contributed by atoms with Crippen LogP contribution >= 0.6 is 0 Å². The van der Waals surface area contributed by atoms with Gasteiger partial charge in [-0.15, -0.1) is 0 Å². The van der Waals surface area contributed by atoms with Gasteiger partial charge in [0.25, 0.3) is 0 Å². The highest BCUT2D eigenvalue weighted by Crippen LogP contribution is 2.05. The van der Waals surface area contributed by atoms with Gasteiger partial charge in [0.05, 0.1) is 18.6 Å². The predicted molar refractivity (Wildman–Crippen MR) is 74.4 cm³/mol. The number of carbonyl (C=O) groups is 2. The Bertz CT molecular complexity index is 436. The maximum Gasteiger partial charge on any atom is 0.315 e.